The third kappa shape index (κ3) is 3.29. The van der Waals surface area contributed by atoms with Gasteiger partial charge >= 0.3 is 0 Å². The second-order valence-corrected chi connectivity index (χ2v) is 5.45. The first-order chi connectivity index (χ1) is 7.13. The van der Waals surface area contributed by atoms with Crippen LogP contribution in [0.1, 0.15) is 41.5 Å². The van der Waals surface area contributed by atoms with Crippen molar-refractivity contribution in [2.45, 2.75) is 52.7 Å². The molecule has 0 saturated carbocycles. The molecule has 3 heteroatoms. The zero-order chi connectivity index (χ0) is 12.6. The van der Waals surface area contributed by atoms with E-state index in [-0.39, 0.29) is 11.4 Å². The van der Waals surface area contributed by atoms with Crippen molar-refractivity contribution in [3.63, 3.8) is 0 Å². The quantitative estimate of drug-likeness (QED) is 0.534. The molecule has 0 bridgehead atoms. The normalized spacial score (nSPS) is 20.5. The Kier molecular flexibility index (Phi) is 3.41. The van der Waals surface area contributed by atoms with Crippen LogP contribution in [0, 0.1) is 0 Å². The van der Waals surface area contributed by atoms with Gasteiger partial charge in [-0.3, -0.25) is 4.79 Å². The molecule has 1 aliphatic carbocycles. The molecule has 1 rings (SSSR count). The smallest absolute Gasteiger partial charge is 0.184 e. The molecule has 0 aliphatic heterocycles. The standard InChI is InChI=1S/C13H20O3/c1-9-7-13(6,8-10(2)11(9)14)16-15-12(3,4)5/h7-8H,1-6H3. The third-order valence-corrected chi connectivity index (χ3v) is 2.19. The van der Waals surface area contributed by atoms with Gasteiger partial charge in [-0.2, -0.15) is 0 Å². The fourth-order valence-corrected chi connectivity index (χ4v) is 1.61. The van der Waals surface area contributed by atoms with E-state index in [4.69, 9.17) is 9.78 Å². The van der Waals surface area contributed by atoms with Gasteiger partial charge in [0.2, 0.25) is 0 Å². The second-order valence-electron chi connectivity index (χ2n) is 5.45. The van der Waals surface area contributed by atoms with Crippen LogP contribution in [0.5, 0.6) is 0 Å². The summed E-state index contributed by atoms with van der Waals surface area (Å²) >= 11 is 0. The van der Waals surface area contributed by atoms with E-state index in [1.165, 1.54) is 0 Å². The minimum Gasteiger partial charge on any atom is -0.289 e. The Hall–Kier alpha value is -0.930. The molecule has 0 aromatic heterocycles. The van der Waals surface area contributed by atoms with Gasteiger partial charge in [0.1, 0.15) is 5.60 Å². The molecule has 16 heavy (non-hydrogen) atoms. The molecule has 0 aromatic carbocycles. The third-order valence-electron chi connectivity index (χ3n) is 2.19. The fraction of sp³-hybridized carbons (Fsp3) is 0.615. The molecule has 0 aromatic rings. The SMILES string of the molecule is CC1=CC(C)(OOC(C)(C)C)C=C(C)C1=O. The number of rotatable bonds is 2. The highest BCUT2D eigenvalue weighted by Gasteiger charge is 2.30. The summed E-state index contributed by atoms with van der Waals surface area (Å²) in [6, 6.07) is 0. The molecular formula is C13H20O3. The van der Waals surface area contributed by atoms with Crippen LogP contribution in [0.25, 0.3) is 0 Å². The van der Waals surface area contributed by atoms with Crippen LogP contribution in [0.2, 0.25) is 0 Å². The van der Waals surface area contributed by atoms with E-state index in [0.29, 0.717) is 11.1 Å². The first kappa shape index (κ1) is 13.1. The summed E-state index contributed by atoms with van der Waals surface area (Å²) in [4.78, 5) is 22.3. The van der Waals surface area contributed by atoms with Gasteiger partial charge in [-0.25, -0.2) is 9.78 Å². The average Bonchev–Trinajstić information content (AvgIpc) is 2.10. The minimum absolute atomic E-state index is 0.0665. The lowest BCUT2D eigenvalue weighted by atomic mass is 9.90. The van der Waals surface area contributed by atoms with Gasteiger partial charge < -0.3 is 0 Å². The molecule has 0 heterocycles. The van der Waals surface area contributed by atoms with Crippen LogP contribution in [-0.4, -0.2) is 17.0 Å². The Morgan fingerprint density at radius 3 is 1.94 bits per heavy atom. The molecule has 0 amide bonds. The number of ketones is 1. The van der Waals surface area contributed by atoms with Crippen molar-refractivity contribution < 1.29 is 14.6 Å². The predicted molar refractivity (Wildman–Crippen MR) is 62.8 cm³/mol. The van der Waals surface area contributed by atoms with Crippen LogP contribution in [0.15, 0.2) is 23.3 Å². The first-order valence-electron chi connectivity index (χ1n) is 5.43. The van der Waals surface area contributed by atoms with Gasteiger partial charge in [-0.15, -0.1) is 0 Å². The molecule has 0 unspecified atom stereocenters. The van der Waals surface area contributed by atoms with E-state index in [1.807, 2.05) is 27.7 Å². The van der Waals surface area contributed by atoms with Gasteiger partial charge in [-0.1, -0.05) is 0 Å². The summed E-state index contributed by atoms with van der Waals surface area (Å²) in [6.45, 7) is 11.2. The minimum atomic E-state index is -0.657. The van der Waals surface area contributed by atoms with Gasteiger partial charge in [0.15, 0.2) is 5.78 Å². The van der Waals surface area contributed by atoms with Crippen molar-refractivity contribution in [1.82, 2.24) is 0 Å². The Morgan fingerprint density at radius 2 is 1.56 bits per heavy atom. The number of carbonyl (C=O) groups excluding carboxylic acids is 1. The predicted octanol–water partition coefficient (Wildman–Crippen LogP) is 2.97. The molecule has 1 aliphatic rings. The van der Waals surface area contributed by atoms with Crippen LogP contribution in [-0.2, 0) is 14.6 Å². The van der Waals surface area contributed by atoms with Crippen LogP contribution in [0.3, 0.4) is 0 Å². The van der Waals surface area contributed by atoms with Gasteiger partial charge in [-0.05, 0) is 64.8 Å². The second kappa shape index (κ2) is 4.15. The number of allylic oxidation sites excluding steroid dienone is 2. The highest BCUT2D eigenvalue weighted by atomic mass is 17.2. The topological polar surface area (TPSA) is 35.5 Å². The van der Waals surface area contributed by atoms with Crippen molar-refractivity contribution in [2.24, 2.45) is 0 Å². The maximum absolute atomic E-state index is 11.6. The largest absolute Gasteiger partial charge is 0.289 e. The lowest BCUT2D eigenvalue weighted by Gasteiger charge is -2.30. The highest BCUT2D eigenvalue weighted by molar-refractivity contribution is 6.08. The molecule has 0 radical (unpaired) electrons. The summed E-state index contributed by atoms with van der Waals surface area (Å²) in [7, 11) is 0. The van der Waals surface area contributed by atoms with E-state index in [9.17, 15) is 4.79 Å². The van der Waals surface area contributed by atoms with Gasteiger partial charge in [0, 0.05) is 0 Å². The van der Waals surface area contributed by atoms with E-state index < -0.39 is 5.60 Å². The molecule has 0 N–H and O–H groups in total. The van der Waals surface area contributed by atoms with E-state index in [2.05, 4.69) is 0 Å². The van der Waals surface area contributed by atoms with Crippen molar-refractivity contribution in [2.75, 3.05) is 0 Å². The zero-order valence-corrected chi connectivity index (χ0v) is 10.9. The van der Waals surface area contributed by atoms with Crippen molar-refractivity contribution >= 4 is 5.78 Å². The monoisotopic (exact) mass is 224 g/mol. The molecule has 90 valence electrons. The average molecular weight is 224 g/mol. The summed E-state index contributed by atoms with van der Waals surface area (Å²) in [6.07, 6.45) is 3.57. The summed E-state index contributed by atoms with van der Waals surface area (Å²) < 4.78 is 0. The maximum atomic E-state index is 11.6. The molecule has 0 atom stereocenters. The highest BCUT2D eigenvalue weighted by Crippen LogP contribution is 2.27. The number of carbonyl (C=O) groups is 1. The Morgan fingerprint density at radius 1 is 1.12 bits per heavy atom. The van der Waals surface area contributed by atoms with Crippen molar-refractivity contribution in [3.8, 4) is 0 Å². The summed E-state index contributed by atoms with van der Waals surface area (Å²) in [5.74, 6) is 0.0665. The zero-order valence-electron chi connectivity index (χ0n) is 10.9. The Labute approximate surface area is 97.1 Å². The van der Waals surface area contributed by atoms with Crippen LogP contribution in [0.4, 0.5) is 0 Å². The Balaban J connectivity index is 2.83. The molecule has 0 fully saturated rings. The lowest BCUT2D eigenvalue weighted by molar-refractivity contribution is -0.380. The van der Waals surface area contributed by atoms with Crippen molar-refractivity contribution in [3.05, 3.63) is 23.3 Å². The van der Waals surface area contributed by atoms with Crippen molar-refractivity contribution in [1.29, 1.82) is 0 Å². The summed E-state index contributed by atoms with van der Waals surface area (Å²) in [5, 5.41) is 0. The molecular weight excluding hydrogens is 204 g/mol. The number of Topliss-reactive ketones (excluding diaryl/α,β-unsaturated/α-hetero) is 1. The fourth-order valence-electron chi connectivity index (χ4n) is 1.61. The summed E-state index contributed by atoms with van der Waals surface area (Å²) in [5.41, 5.74) is 0.364. The van der Waals surface area contributed by atoms with Crippen LogP contribution >= 0.6 is 0 Å². The van der Waals surface area contributed by atoms with E-state index >= 15 is 0 Å². The van der Waals surface area contributed by atoms with Crippen LogP contribution < -0.4 is 0 Å². The molecule has 0 saturated heterocycles. The van der Waals surface area contributed by atoms with E-state index in [0.717, 1.165) is 0 Å². The van der Waals surface area contributed by atoms with Gasteiger partial charge in [0.05, 0.1) is 5.60 Å². The first-order valence-corrected chi connectivity index (χ1v) is 5.43. The lowest BCUT2D eigenvalue weighted by Crippen LogP contribution is -2.33. The Bertz CT molecular complexity index is 334. The molecule has 3 nitrogen and oxygen atoms in total. The maximum Gasteiger partial charge on any atom is 0.184 e. The number of hydrogen-bond donors (Lipinski definition) is 0. The molecule has 0 spiro atoms. The van der Waals surface area contributed by atoms with Gasteiger partial charge in [0.25, 0.3) is 0 Å². The van der Waals surface area contributed by atoms with E-state index in [1.54, 1.807) is 26.0 Å². The number of hydrogen-bond acceptors (Lipinski definition) is 3.